The lowest BCUT2D eigenvalue weighted by molar-refractivity contribution is -0.114. The van der Waals surface area contributed by atoms with Gasteiger partial charge in [0.15, 0.2) is 0 Å². The Hall–Kier alpha value is -4.79. The molecular formula is C25H20N4O5. The lowest BCUT2D eigenvalue weighted by Gasteiger charge is -2.11. The van der Waals surface area contributed by atoms with Crippen LogP contribution in [0.3, 0.4) is 0 Å². The normalized spacial score (nSPS) is 14.8. The van der Waals surface area contributed by atoms with Crippen LogP contribution < -0.4 is 5.01 Å². The van der Waals surface area contributed by atoms with Gasteiger partial charge in [-0.1, -0.05) is 12.2 Å². The van der Waals surface area contributed by atoms with Crippen molar-refractivity contribution in [3.8, 4) is 5.69 Å². The van der Waals surface area contributed by atoms with Crippen LogP contribution in [-0.2, 0) is 4.79 Å². The Labute approximate surface area is 194 Å². The van der Waals surface area contributed by atoms with Gasteiger partial charge in [0.2, 0.25) is 0 Å². The van der Waals surface area contributed by atoms with E-state index in [-0.39, 0.29) is 17.0 Å². The van der Waals surface area contributed by atoms with Crippen LogP contribution in [0.4, 0.5) is 5.69 Å². The molecule has 34 heavy (non-hydrogen) atoms. The monoisotopic (exact) mass is 456 g/mol. The summed E-state index contributed by atoms with van der Waals surface area (Å²) in [5, 5.41) is 28.1. The third-order valence-corrected chi connectivity index (χ3v) is 5.28. The predicted octanol–water partition coefficient (Wildman–Crippen LogP) is 3.94. The molecule has 2 N–H and O–H groups in total. The van der Waals surface area contributed by atoms with Crippen LogP contribution in [0.5, 0.6) is 0 Å². The number of amides is 1. The molecule has 1 aromatic heterocycles. The molecule has 1 aliphatic heterocycles. The van der Waals surface area contributed by atoms with E-state index in [4.69, 9.17) is 10.2 Å². The highest BCUT2D eigenvalue weighted by Gasteiger charge is 2.28. The summed E-state index contributed by atoms with van der Waals surface area (Å²) in [5.74, 6) is -2.34. The number of nitrogens with zero attached hydrogens (tertiary/aromatic N) is 4. The first-order valence-corrected chi connectivity index (χ1v) is 10.3. The van der Waals surface area contributed by atoms with E-state index in [0.29, 0.717) is 17.0 Å². The Kier molecular flexibility index (Phi) is 5.92. The number of carboxylic acid groups (broad SMARTS) is 2. The summed E-state index contributed by atoms with van der Waals surface area (Å²) in [6.45, 7) is 3.58. The summed E-state index contributed by atoms with van der Waals surface area (Å²) in [5.41, 5.74) is 4.10. The van der Waals surface area contributed by atoms with E-state index >= 15 is 0 Å². The number of aromatic nitrogens is 2. The van der Waals surface area contributed by atoms with Gasteiger partial charge in [-0.15, -0.1) is 0 Å². The van der Waals surface area contributed by atoms with Crippen molar-refractivity contribution in [1.82, 2.24) is 9.78 Å². The second-order valence-electron chi connectivity index (χ2n) is 7.56. The van der Waals surface area contributed by atoms with Crippen molar-refractivity contribution in [3.63, 3.8) is 0 Å². The lowest BCUT2D eigenvalue weighted by Crippen LogP contribution is -2.21. The molecule has 0 bridgehead atoms. The zero-order valence-corrected chi connectivity index (χ0v) is 18.3. The molecule has 9 heteroatoms. The van der Waals surface area contributed by atoms with Crippen molar-refractivity contribution < 1.29 is 24.6 Å². The fraction of sp³-hybridized carbons (Fsp3) is 0.0800. The molecule has 2 heterocycles. The average molecular weight is 456 g/mol. The maximum absolute atomic E-state index is 12.8. The third-order valence-electron chi connectivity index (χ3n) is 5.28. The minimum absolute atomic E-state index is 0.128. The van der Waals surface area contributed by atoms with E-state index in [9.17, 15) is 14.4 Å². The van der Waals surface area contributed by atoms with Gasteiger partial charge in [0.05, 0.1) is 39.5 Å². The number of hydrazone groups is 1. The standard InChI is InChI=1S/C25H20N4O5/c1-15-19(14-28(26-15)20-10-6-17(7-11-20)24(31)32)4-3-5-22-16(2)27-29(23(22)30)21-12-8-18(9-13-21)25(33)34/h3-14H,1-2H3,(H,31,32)(H,33,34). The van der Waals surface area contributed by atoms with Crippen LogP contribution in [0.2, 0.25) is 0 Å². The smallest absolute Gasteiger partial charge is 0.335 e. The second kappa shape index (κ2) is 8.99. The van der Waals surface area contributed by atoms with Gasteiger partial charge in [0.25, 0.3) is 5.91 Å². The maximum Gasteiger partial charge on any atom is 0.335 e. The van der Waals surface area contributed by atoms with E-state index in [1.165, 1.54) is 41.4 Å². The Bertz CT molecular complexity index is 1380. The third kappa shape index (κ3) is 4.40. The number of carboxylic acids is 2. The SMILES string of the molecule is CC1=NN(c2ccc(C(=O)O)cc2)C(=O)C1=CC=Cc1cn(-c2ccc(C(=O)O)cc2)nc1C. The minimum Gasteiger partial charge on any atom is -0.478 e. The van der Waals surface area contributed by atoms with Crippen molar-refractivity contribution in [2.24, 2.45) is 5.10 Å². The van der Waals surface area contributed by atoms with Crippen molar-refractivity contribution in [1.29, 1.82) is 0 Å². The van der Waals surface area contributed by atoms with Crippen LogP contribution >= 0.6 is 0 Å². The van der Waals surface area contributed by atoms with Gasteiger partial charge < -0.3 is 10.2 Å². The van der Waals surface area contributed by atoms with Gasteiger partial charge in [0, 0.05) is 11.8 Å². The zero-order valence-electron chi connectivity index (χ0n) is 18.3. The van der Waals surface area contributed by atoms with Gasteiger partial charge >= 0.3 is 11.9 Å². The predicted molar refractivity (Wildman–Crippen MR) is 126 cm³/mol. The van der Waals surface area contributed by atoms with Crippen molar-refractivity contribution in [3.05, 3.63) is 94.8 Å². The van der Waals surface area contributed by atoms with Crippen LogP contribution in [0.15, 0.2) is 77.6 Å². The summed E-state index contributed by atoms with van der Waals surface area (Å²) in [6, 6.07) is 12.3. The van der Waals surface area contributed by atoms with Gasteiger partial charge in [-0.2, -0.15) is 15.2 Å². The number of hydrogen-bond donors (Lipinski definition) is 2. The molecule has 3 aromatic rings. The van der Waals surface area contributed by atoms with Crippen molar-refractivity contribution in [2.75, 3.05) is 5.01 Å². The molecule has 0 fully saturated rings. The van der Waals surface area contributed by atoms with E-state index in [1.807, 2.05) is 19.2 Å². The topological polar surface area (TPSA) is 125 Å². The van der Waals surface area contributed by atoms with E-state index < -0.39 is 11.9 Å². The summed E-state index contributed by atoms with van der Waals surface area (Å²) in [4.78, 5) is 34.9. The highest BCUT2D eigenvalue weighted by Crippen LogP contribution is 2.24. The summed E-state index contributed by atoms with van der Waals surface area (Å²) in [6.07, 6.45) is 7.05. The molecule has 170 valence electrons. The first-order valence-electron chi connectivity index (χ1n) is 10.3. The number of carbonyl (C=O) groups excluding carboxylic acids is 1. The fourth-order valence-corrected chi connectivity index (χ4v) is 3.40. The Morgan fingerprint density at radius 3 is 2.00 bits per heavy atom. The largest absolute Gasteiger partial charge is 0.478 e. The quantitative estimate of drug-likeness (QED) is 0.541. The average Bonchev–Trinajstić information content (AvgIpc) is 3.33. The van der Waals surface area contributed by atoms with Crippen LogP contribution in [0.25, 0.3) is 11.8 Å². The molecule has 9 nitrogen and oxygen atoms in total. The van der Waals surface area contributed by atoms with Crippen LogP contribution in [-0.4, -0.2) is 43.6 Å². The molecule has 0 radical (unpaired) electrons. The first kappa shape index (κ1) is 22.4. The summed E-state index contributed by atoms with van der Waals surface area (Å²) < 4.78 is 1.66. The number of aromatic carboxylic acids is 2. The molecule has 0 saturated carbocycles. The molecule has 0 spiro atoms. The van der Waals surface area contributed by atoms with Crippen LogP contribution in [0.1, 0.15) is 38.9 Å². The minimum atomic E-state index is -1.04. The summed E-state index contributed by atoms with van der Waals surface area (Å²) >= 11 is 0. The fourth-order valence-electron chi connectivity index (χ4n) is 3.40. The van der Waals surface area contributed by atoms with Gasteiger partial charge in [-0.05, 0) is 68.5 Å². The molecule has 1 amide bonds. The number of allylic oxidation sites excluding steroid dienone is 2. The molecular weight excluding hydrogens is 436 g/mol. The van der Waals surface area contributed by atoms with E-state index in [2.05, 4.69) is 10.2 Å². The maximum atomic E-state index is 12.8. The molecule has 0 atom stereocenters. The number of aryl methyl sites for hydroxylation is 1. The molecule has 1 aliphatic rings. The van der Waals surface area contributed by atoms with Gasteiger partial charge in [-0.25, -0.2) is 14.3 Å². The van der Waals surface area contributed by atoms with Crippen molar-refractivity contribution in [2.45, 2.75) is 13.8 Å². The number of anilines is 1. The lowest BCUT2D eigenvalue weighted by atomic mass is 10.1. The Morgan fingerprint density at radius 1 is 0.882 bits per heavy atom. The van der Waals surface area contributed by atoms with E-state index in [1.54, 1.807) is 35.9 Å². The molecule has 2 aromatic carbocycles. The Morgan fingerprint density at radius 2 is 1.44 bits per heavy atom. The van der Waals surface area contributed by atoms with Crippen molar-refractivity contribution >= 4 is 35.3 Å². The second-order valence-corrected chi connectivity index (χ2v) is 7.56. The first-order chi connectivity index (χ1) is 16.2. The Balaban J connectivity index is 1.51. The molecule has 0 saturated heterocycles. The number of hydrogen-bond acceptors (Lipinski definition) is 5. The zero-order chi connectivity index (χ0) is 24.4. The van der Waals surface area contributed by atoms with Gasteiger partial charge in [0.1, 0.15) is 0 Å². The number of rotatable bonds is 6. The molecule has 0 aliphatic carbocycles. The van der Waals surface area contributed by atoms with Crippen LogP contribution in [0, 0.1) is 6.92 Å². The van der Waals surface area contributed by atoms with E-state index in [0.717, 1.165) is 16.9 Å². The highest BCUT2D eigenvalue weighted by atomic mass is 16.4. The number of benzene rings is 2. The molecule has 0 unspecified atom stereocenters. The molecule has 4 rings (SSSR count). The number of carbonyl (C=O) groups is 3. The summed E-state index contributed by atoms with van der Waals surface area (Å²) in [7, 11) is 0. The highest BCUT2D eigenvalue weighted by molar-refractivity contribution is 6.29. The van der Waals surface area contributed by atoms with Gasteiger partial charge in [-0.3, -0.25) is 4.79 Å².